The van der Waals surface area contributed by atoms with Gasteiger partial charge in [0.15, 0.2) is 22.9 Å². The number of ether oxygens (including phenoxy) is 1. The van der Waals surface area contributed by atoms with E-state index in [-0.39, 0.29) is 11.9 Å². The molecule has 1 unspecified atom stereocenters. The van der Waals surface area contributed by atoms with Gasteiger partial charge in [0.1, 0.15) is 6.10 Å². The molecule has 1 atom stereocenters. The average Bonchev–Trinajstić information content (AvgIpc) is 2.93. The summed E-state index contributed by atoms with van der Waals surface area (Å²) in [5.74, 6) is 0.915. The standard InChI is InChI=1S/C18H16O3/c1-12(19)17-11-15-9-6-10-16(18(15)21-17)20-13(2)14-7-4-3-5-8-14/h3-11,13H,1-2H3. The highest BCUT2D eigenvalue weighted by atomic mass is 16.5. The highest BCUT2D eigenvalue weighted by Crippen LogP contribution is 2.32. The summed E-state index contributed by atoms with van der Waals surface area (Å²) in [7, 11) is 0. The molecule has 0 aliphatic heterocycles. The van der Waals surface area contributed by atoms with E-state index < -0.39 is 0 Å². The molecule has 3 rings (SSSR count). The van der Waals surface area contributed by atoms with Gasteiger partial charge in [-0.1, -0.05) is 42.5 Å². The van der Waals surface area contributed by atoms with Crippen molar-refractivity contribution in [3.8, 4) is 5.75 Å². The van der Waals surface area contributed by atoms with Crippen molar-refractivity contribution in [2.24, 2.45) is 0 Å². The van der Waals surface area contributed by atoms with E-state index >= 15 is 0 Å². The molecule has 0 spiro atoms. The maximum atomic E-state index is 11.4. The third kappa shape index (κ3) is 2.68. The Labute approximate surface area is 123 Å². The minimum absolute atomic E-state index is 0.0896. The predicted molar refractivity (Wildman–Crippen MR) is 81.7 cm³/mol. The minimum atomic E-state index is -0.0947. The zero-order chi connectivity index (χ0) is 14.8. The van der Waals surface area contributed by atoms with Gasteiger partial charge in [0, 0.05) is 12.3 Å². The van der Waals surface area contributed by atoms with Crippen LogP contribution in [0.25, 0.3) is 11.0 Å². The molecule has 2 aromatic carbocycles. The van der Waals surface area contributed by atoms with E-state index in [0.717, 1.165) is 10.9 Å². The van der Waals surface area contributed by atoms with Crippen molar-refractivity contribution >= 4 is 16.8 Å². The first-order chi connectivity index (χ1) is 10.1. The SMILES string of the molecule is CC(=O)c1cc2cccc(OC(C)c3ccccc3)c2o1. The number of fused-ring (bicyclic) bond motifs is 1. The monoisotopic (exact) mass is 280 g/mol. The third-order valence-electron chi connectivity index (χ3n) is 3.43. The van der Waals surface area contributed by atoms with E-state index in [1.807, 2.05) is 55.5 Å². The minimum Gasteiger partial charge on any atom is -0.482 e. The molecule has 1 heterocycles. The molecule has 0 N–H and O–H groups in total. The highest BCUT2D eigenvalue weighted by Gasteiger charge is 2.14. The summed E-state index contributed by atoms with van der Waals surface area (Å²) in [6.07, 6.45) is -0.0947. The van der Waals surface area contributed by atoms with Crippen LogP contribution in [0.15, 0.2) is 59.0 Å². The Hall–Kier alpha value is -2.55. The summed E-state index contributed by atoms with van der Waals surface area (Å²) in [5.41, 5.74) is 1.71. The molecule has 106 valence electrons. The lowest BCUT2D eigenvalue weighted by molar-refractivity contribution is 0.0989. The normalized spacial score (nSPS) is 12.3. The zero-order valence-electron chi connectivity index (χ0n) is 12.0. The van der Waals surface area contributed by atoms with Crippen molar-refractivity contribution in [2.75, 3.05) is 0 Å². The molecule has 0 bridgehead atoms. The number of hydrogen-bond acceptors (Lipinski definition) is 3. The van der Waals surface area contributed by atoms with Crippen molar-refractivity contribution in [3.05, 3.63) is 65.9 Å². The smallest absolute Gasteiger partial charge is 0.194 e. The van der Waals surface area contributed by atoms with Gasteiger partial charge in [-0.05, 0) is 24.6 Å². The van der Waals surface area contributed by atoms with Gasteiger partial charge in [0.25, 0.3) is 0 Å². The van der Waals surface area contributed by atoms with Crippen molar-refractivity contribution in [2.45, 2.75) is 20.0 Å². The second-order valence-corrected chi connectivity index (χ2v) is 5.01. The van der Waals surface area contributed by atoms with Gasteiger partial charge in [-0.15, -0.1) is 0 Å². The van der Waals surface area contributed by atoms with Gasteiger partial charge in [0.2, 0.25) is 0 Å². The van der Waals surface area contributed by atoms with E-state index in [2.05, 4.69) is 0 Å². The molecule has 1 aromatic heterocycles. The van der Waals surface area contributed by atoms with Crippen LogP contribution in [0.4, 0.5) is 0 Å². The molecule has 0 fully saturated rings. The molecule has 21 heavy (non-hydrogen) atoms. The summed E-state index contributed by atoms with van der Waals surface area (Å²) < 4.78 is 11.6. The Bertz CT molecular complexity index is 772. The molecular formula is C18H16O3. The number of furan rings is 1. The summed E-state index contributed by atoms with van der Waals surface area (Å²) in [6.45, 7) is 3.48. The van der Waals surface area contributed by atoms with Gasteiger partial charge < -0.3 is 9.15 Å². The van der Waals surface area contributed by atoms with Crippen molar-refractivity contribution in [1.29, 1.82) is 0 Å². The van der Waals surface area contributed by atoms with E-state index in [4.69, 9.17) is 9.15 Å². The largest absolute Gasteiger partial charge is 0.482 e. The van der Waals surface area contributed by atoms with Gasteiger partial charge in [-0.3, -0.25) is 4.79 Å². The first-order valence-corrected chi connectivity index (χ1v) is 6.90. The fraction of sp³-hybridized carbons (Fsp3) is 0.167. The summed E-state index contributed by atoms with van der Waals surface area (Å²) in [5, 5.41) is 0.873. The van der Waals surface area contributed by atoms with Crippen LogP contribution in [0.1, 0.15) is 36.1 Å². The van der Waals surface area contributed by atoms with Gasteiger partial charge in [0.05, 0.1) is 0 Å². The van der Waals surface area contributed by atoms with Gasteiger partial charge in [-0.25, -0.2) is 0 Å². The van der Waals surface area contributed by atoms with Crippen LogP contribution in [0, 0.1) is 0 Å². The van der Waals surface area contributed by atoms with Crippen LogP contribution >= 0.6 is 0 Å². The molecule has 0 radical (unpaired) electrons. The van der Waals surface area contributed by atoms with Gasteiger partial charge in [-0.2, -0.15) is 0 Å². The molecule has 0 aliphatic carbocycles. The molecule has 0 aliphatic rings. The molecule has 0 saturated carbocycles. The Balaban J connectivity index is 1.95. The Kier molecular flexibility index (Phi) is 3.48. The maximum Gasteiger partial charge on any atom is 0.194 e. The van der Waals surface area contributed by atoms with Crippen LogP contribution < -0.4 is 4.74 Å². The fourth-order valence-electron chi connectivity index (χ4n) is 2.29. The lowest BCUT2D eigenvalue weighted by Gasteiger charge is -2.15. The second kappa shape index (κ2) is 5.44. The fourth-order valence-corrected chi connectivity index (χ4v) is 2.29. The van der Waals surface area contributed by atoms with Crippen LogP contribution in [-0.2, 0) is 0 Å². The molecule has 0 amide bonds. The van der Waals surface area contributed by atoms with Crippen molar-refractivity contribution < 1.29 is 13.9 Å². The zero-order valence-corrected chi connectivity index (χ0v) is 12.0. The summed E-state index contributed by atoms with van der Waals surface area (Å²) in [4.78, 5) is 11.4. The quantitative estimate of drug-likeness (QED) is 0.646. The van der Waals surface area contributed by atoms with Crippen molar-refractivity contribution in [3.63, 3.8) is 0 Å². The highest BCUT2D eigenvalue weighted by molar-refractivity contribution is 5.97. The second-order valence-electron chi connectivity index (χ2n) is 5.01. The van der Waals surface area contributed by atoms with E-state index in [1.165, 1.54) is 6.92 Å². The van der Waals surface area contributed by atoms with Gasteiger partial charge >= 0.3 is 0 Å². The average molecular weight is 280 g/mol. The third-order valence-corrected chi connectivity index (χ3v) is 3.43. The summed E-state index contributed by atoms with van der Waals surface area (Å²) >= 11 is 0. The van der Waals surface area contributed by atoms with E-state index in [9.17, 15) is 4.79 Å². The number of carbonyl (C=O) groups is 1. The predicted octanol–water partition coefficient (Wildman–Crippen LogP) is 4.78. The lowest BCUT2D eigenvalue weighted by Crippen LogP contribution is -2.02. The molecule has 3 heteroatoms. The molecule has 3 nitrogen and oxygen atoms in total. The number of rotatable bonds is 4. The number of benzene rings is 2. The Morgan fingerprint density at radius 3 is 2.57 bits per heavy atom. The topological polar surface area (TPSA) is 39.4 Å². The Morgan fingerprint density at radius 2 is 1.86 bits per heavy atom. The molecule has 0 saturated heterocycles. The maximum absolute atomic E-state index is 11.4. The van der Waals surface area contributed by atoms with Crippen LogP contribution in [-0.4, -0.2) is 5.78 Å². The number of ketones is 1. The molecule has 3 aromatic rings. The van der Waals surface area contributed by atoms with E-state index in [1.54, 1.807) is 6.07 Å². The molecular weight excluding hydrogens is 264 g/mol. The van der Waals surface area contributed by atoms with Crippen molar-refractivity contribution in [1.82, 2.24) is 0 Å². The summed E-state index contributed by atoms with van der Waals surface area (Å²) in [6, 6.07) is 17.4. The number of hydrogen-bond donors (Lipinski definition) is 0. The first-order valence-electron chi connectivity index (χ1n) is 6.90. The van der Waals surface area contributed by atoms with Crippen LogP contribution in [0.5, 0.6) is 5.75 Å². The van der Waals surface area contributed by atoms with Crippen LogP contribution in [0.2, 0.25) is 0 Å². The number of para-hydroxylation sites is 1. The number of Topliss-reactive ketones (excluding diaryl/α,β-unsaturated/α-hetero) is 1. The number of carbonyl (C=O) groups excluding carboxylic acids is 1. The Morgan fingerprint density at radius 1 is 1.10 bits per heavy atom. The van der Waals surface area contributed by atoms with E-state index in [0.29, 0.717) is 17.1 Å². The lowest BCUT2D eigenvalue weighted by atomic mass is 10.1. The first kappa shape index (κ1) is 13.4. The van der Waals surface area contributed by atoms with Crippen LogP contribution in [0.3, 0.4) is 0 Å².